The molecule has 1 saturated carbocycles. The Kier molecular flexibility index (Phi) is 5.40. The van der Waals surface area contributed by atoms with Crippen LogP contribution in [-0.4, -0.2) is 56.4 Å². The van der Waals surface area contributed by atoms with Gasteiger partial charge < -0.3 is 10.1 Å². The van der Waals surface area contributed by atoms with E-state index in [0.717, 1.165) is 12.8 Å². The van der Waals surface area contributed by atoms with Gasteiger partial charge in [0.1, 0.15) is 6.04 Å². The number of nitrogens with zero attached hydrogens (tertiary/aromatic N) is 1. The zero-order chi connectivity index (χ0) is 13.8. The number of alkyl halides is 3. The van der Waals surface area contributed by atoms with Crippen LogP contribution < -0.4 is 5.32 Å². The molecule has 1 rings (SSSR count). The summed E-state index contributed by atoms with van der Waals surface area (Å²) in [5.74, 6) is -0.444. The molecule has 1 fully saturated rings. The lowest BCUT2D eigenvalue weighted by molar-refractivity contribution is -0.148. The Morgan fingerprint density at radius 1 is 1.50 bits per heavy atom. The highest BCUT2D eigenvalue weighted by Gasteiger charge is 2.38. The second-order valence-corrected chi connectivity index (χ2v) is 4.47. The zero-order valence-electron chi connectivity index (χ0n) is 10.6. The molecule has 1 atom stereocenters. The summed E-state index contributed by atoms with van der Waals surface area (Å²) in [5.41, 5.74) is 0. The van der Waals surface area contributed by atoms with Crippen molar-refractivity contribution < 1.29 is 22.7 Å². The zero-order valence-corrected chi connectivity index (χ0v) is 10.6. The first-order chi connectivity index (χ1) is 8.37. The van der Waals surface area contributed by atoms with E-state index in [0.29, 0.717) is 6.42 Å². The van der Waals surface area contributed by atoms with Crippen LogP contribution in [0.1, 0.15) is 19.3 Å². The fourth-order valence-electron chi connectivity index (χ4n) is 1.88. The first kappa shape index (κ1) is 15.2. The van der Waals surface area contributed by atoms with Crippen molar-refractivity contribution in [3.8, 4) is 0 Å². The van der Waals surface area contributed by atoms with Gasteiger partial charge in [0.05, 0.1) is 13.7 Å². The number of rotatable bonds is 7. The van der Waals surface area contributed by atoms with Crippen LogP contribution >= 0.6 is 0 Å². The van der Waals surface area contributed by atoms with Crippen molar-refractivity contribution in [2.75, 3.05) is 27.2 Å². The van der Waals surface area contributed by atoms with Gasteiger partial charge in [0, 0.05) is 12.6 Å². The van der Waals surface area contributed by atoms with Gasteiger partial charge in [0.15, 0.2) is 0 Å². The van der Waals surface area contributed by atoms with Gasteiger partial charge in [-0.05, 0) is 26.3 Å². The van der Waals surface area contributed by atoms with Crippen molar-refractivity contribution in [3.05, 3.63) is 0 Å². The van der Waals surface area contributed by atoms with Crippen molar-refractivity contribution >= 4 is 5.97 Å². The molecule has 0 heterocycles. The monoisotopic (exact) mass is 268 g/mol. The van der Waals surface area contributed by atoms with Crippen LogP contribution in [0.2, 0.25) is 0 Å². The number of hydrogen-bond donors (Lipinski definition) is 1. The number of hydrogen-bond acceptors (Lipinski definition) is 4. The van der Waals surface area contributed by atoms with Crippen LogP contribution in [-0.2, 0) is 9.53 Å². The highest BCUT2D eigenvalue weighted by Crippen LogP contribution is 2.30. The molecule has 1 unspecified atom stereocenters. The average molecular weight is 268 g/mol. The van der Waals surface area contributed by atoms with E-state index in [-0.39, 0.29) is 12.6 Å². The predicted molar refractivity (Wildman–Crippen MR) is 60.1 cm³/mol. The van der Waals surface area contributed by atoms with Gasteiger partial charge in [-0.2, -0.15) is 13.2 Å². The molecule has 106 valence electrons. The Bertz CT molecular complexity index is 280. The molecule has 7 heteroatoms. The maximum Gasteiger partial charge on any atom is 0.401 e. The molecule has 0 radical (unpaired) electrons. The molecule has 4 nitrogen and oxygen atoms in total. The molecule has 0 aromatic rings. The largest absolute Gasteiger partial charge is 0.468 e. The summed E-state index contributed by atoms with van der Waals surface area (Å²) in [7, 11) is 2.86. The maximum atomic E-state index is 12.4. The fourth-order valence-corrected chi connectivity index (χ4v) is 1.88. The summed E-state index contributed by atoms with van der Waals surface area (Å²) in [6, 6.07) is -0.536. The Hall–Kier alpha value is -0.820. The average Bonchev–Trinajstić information content (AvgIpc) is 3.10. The predicted octanol–water partition coefficient (Wildman–Crippen LogP) is 1.16. The Balaban J connectivity index is 2.44. The van der Waals surface area contributed by atoms with Crippen LogP contribution in [0.15, 0.2) is 0 Å². The standard InChI is InChI=1S/C11H19F3N2O2/c1-15-9(10(17)18-2)5-6-16(8-3-4-8)7-11(12,13)14/h8-9,15H,3-7H2,1-2H3. The summed E-state index contributed by atoms with van der Waals surface area (Å²) in [6.07, 6.45) is -2.27. The number of methoxy groups -OCH3 is 1. The summed E-state index contributed by atoms with van der Waals surface area (Å²) in [4.78, 5) is 12.7. The van der Waals surface area contributed by atoms with E-state index in [4.69, 9.17) is 0 Å². The minimum Gasteiger partial charge on any atom is -0.468 e. The van der Waals surface area contributed by atoms with E-state index < -0.39 is 24.7 Å². The quantitative estimate of drug-likeness (QED) is 0.704. The molecule has 0 bridgehead atoms. The molecular formula is C11H19F3N2O2. The topological polar surface area (TPSA) is 41.6 Å². The molecule has 1 aliphatic carbocycles. The molecular weight excluding hydrogens is 249 g/mol. The van der Waals surface area contributed by atoms with Crippen LogP contribution in [0.4, 0.5) is 13.2 Å². The fraction of sp³-hybridized carbons (Fsp3) is 0.909. The van der Waals surface area contributed by atoms with Crippen molar-refractivity contribution in [1.29, 1.82) is 0 Å². The van der Waals surface area contributed by atoms with E-state index >= 15 is 0 Å². The van der Waals surface area contributed by atoms with Crippen LogP contribution in [0.25, 0.3) is 0 Å². The summed E-state index contributed by atoms with van der Waals surface area (Å²) < 4.78 is 41.7. The highest BCUT2D eigenvalue weighted by atomic mass is 19.4. The molecule has 0 aliphatic heterocycles. The number of halogens is 3. The number of likely N-dealkylation sites (N-methyl/N-ethyl adjacent to an activating group) is 1. The smallest absolute Gasteiger partial charge is 0.401 e. The van der Waals surface area contributed by atoms with Crippen LogP contribution in [0.5, 0.6) is 0 Å². The van der Waals surface area contributed by atoms with Crippen molar-refractivity contribution in [3.63, 3.8) is 0 Å². The number of carbonyl (C=O) groups is 1. The van der Waals surface area contributed by atoms with E-state index in [1.54, 1.807) is 7.05 Å². The minimum atomic E-state index is -4.19. The molecule has 1 aliphatic rings. The SMILES string of the molecule is CNC(CCN(CC(F)(F)F)C1CC1)C(=O)OC. The van der Waals surface area contributed by atoms with Gasteiger partial charge in [0.2, 0.25) is 0 Å². The Morgan fingerprint density at radius 3 is 2.50 bits per heavy atom. The normalized spacial score (nSPS) is 17.9. The number of esters is 1. The first-order valence-electron chi connectivity index (χ1n) is 5.93. The van der Waals surface area contributed by atoms with Gasteiger partial charge >= 0.3 is 12.1 Å². The third-order valence-electron chi connectivity index (χ3n) is 2.98. The summed E-state index contributed by atoms with van der Waals surface area (Å²) >= 11 is 0. The molecule has 1 N–H and O–H groups in total. The molecule has 0 aromatic heterocycles. The van der Waals surface area contributed by atoms with E-state index in [1.165, 1.54) is 12.0 Å². The second kappa shape index (κ2) is 6.38. The Labute approximate surface area is 104 Å². The van der Waals surface area contributed by atoms with Gasteiger partial charge in [-0.3, -0.25) is 9.69 Å². The van der Waals surface area contributed by atoms with Crippen LogP contribution in [0, 0.1) is 0 Å². The third-order valence-corrected chi connectivity index (χ3v) is 2.98. The van der Waals surface area contributed by atoms with Gasteiger partial charge in [0.25, 0.3) is 0 Å². The van der Waals surface area contributed by atoms with Gasteiger partial charge in [-0.1, -0.05) is 0 Å². The Morgan fingerprint density at radius 2 is 2.11 bits per heavy atom. The van der Waals surface area contributed by atoms with Crippen molar-refractivity contribution in [1.82, 2.24) is 10.2 Å². The minimum absolute atomic E-state index is 0.0155. The number of ether oxygens (including phenoxy) is 1. The van der Waals surface area contributed by atoms with E-state index in [2.05, 4.69) is 10.1 Å². The molecule has 0 amide bonds. The van der Waals surface area contributed by atoms with E-state index in [1.807, 2.05) is 0 Å². The first-order valence-corrected chi connectivity index (χ1v) is 5.93. The second-order valence-electron chi connectivity index (χ2n) is 4.47. The lowest BCUT2D eigenvalue weighted by Crippen LogP contribution is -2.42. The number of nitrogens with one attached hydrogen (secondary N) is 1. The van der Waals surface area contributed by atoms with E-state index in [9.17, 15) is 18.0 Å². The maximum absolute atomic E-state index is 12.4. The van der Waals surface area contributed by atoms with Gasteiger partial charge in [-0.25, -0.2) is 0 Å². The summed E-state index contributed by atoms with van der Waals surface area (Å²) in [6.45, 7) is -0.667. The molecule has 0 spiro atoms. The third kappa shape index (κ3) is 5.22. The lowest BCUT2D eigenvalue weighted by atomic mass is 10.2. The summed E-state index contributed by atoms with van der Waals surface area (Å²) in [5, 5.41) is 2.75. The van der Waals surface area contributed by atoms with Crippen molar-refractivity contribution in [2.45, 2.75) is 37.5 Å². The molecule has 18 heavy (non-hydrogen) atoms. The van der Waals surface area contributed by atoms with Gasteiger partial charge in [-0.15, -0.1) is 0 Å². The highest BCUT2D eigenvalue weighted by molar-refractivity contribution is 5.75. The van der Waals surface area contributed by atoms with Crippen LogP contribution in [0.3, 0.4) is 0 Å². The molecule has 0 aromatic carbocycles. The molecule has 0 saturated heterocycles. The van der Waals surface area contributed by atoms with Crippen molar-refractivity contribution in [2.24, 2.45) is 0 Å². The number of carbonyl (C=O) groups excluding carboxylic acids is 1. The lowest BCUT2D eigenvalue weighted by Gasteiger charge is -2.25.